The molecule has 0 radical (unpaired) electrons. The number of nitrogens with two attached hydrogens (primary N) is 1. The Morgan fingerprint density at radius 2 is 2.09 bits per heavy atom. The Kier molecular flexibility index (Phi) is 3.43. The quantitative estimate of drug-likeness (QED) is 0.467. The summed E-state index contributed by atoms with van der Waals surface area (Å²) in [5.74, 6) is 0. The van der Waals surface area contributed by atoms with Crippen molar-refractivity contribution in [3.8, 4) is 0 Å². The minimum absolute atomic E-state index is 0.113. The number of hydrogen-bond acceptors (Lipinski definition) is 3. The second kappa shape index (κ2) is 3.85. The average molecular weight is 167 g/mol. The molecule has 0 spiro atoms. The summed E-state index contributed by atoms with van der Waals surface area (Å²) in [6, 6.07) is 0. The lowest BCUT2D eigenvalue weighted by Crippen LogP contribution is -2.11. The number of rotatable bonds is 2. The average Bonchev–Trinajstić information content (AvgIpc) is 1.88. The molecule has 0 saturated heterocycles. The predicted octanol–water partition coefficient (Wildman–Crippen LogP) is 0.597. The maximum absolute atomic E-state index is 11.4. The molecule has 3 nitrogen and oxygen atoms in total. The van der Waals surface area contributed by atoms with E-state index < -0.39 is 6.30 Å². The molecule has 0 aromatic heterocycles. The van der Waals surface area contributed by atoms with Gasteiger partial charge in [0.25, 0.3) is 0 Å². The van der Waals surface area contributed by atoms with Crippen molar-refractivity contribution in [1.82, 2.24) is 5.32 Å². The van der Waals surface area contributed by atoms with Gasteiger partial charge in [-0.25, -0.2) is 0 Å². The maximum atomic E-state index is 11.4. The normalized spacial score (nSPS) is 14.0. The van der Waals surface area contributed by atoms with Gasteiger partial charge in [-0.05, 0) is 0 Å². The summed E-state index contributed by atoms with van der Waals surface area (Å²) in [5.41, 5.74) is 5.04. The molecule has 3 N–H and O–H groups in total. The van der Waals surface area contributed by atoms with Crippen molar-refractivity contribution in [3.05, 3.63) is 11.9 Å². The van der Waals surface area contributed by atoms with Crippen molar-refractivity contribution in [1.29, 1.82) is 0 Å². The van der Waals surface area contributed by atoms with Gasteiger partial charge in [-0.3, -0.25) is 0 Å². The highest BCUT2D eigenvalue weighted by Crippen LogP contribution is 2.15. The molecular formula is C5H8F3N3. The van der Waals surface area contributed by atoms with Gasteiger partial charge in [0.05, 0.1) is 11.9 Å². The van der Waals surface area contributed by atoms with Gasteiger partial charge >= 0.3 is 6.30 Å². The molecule has 0 rings (SSSR count). The van der Waals surface area contributed by atoms with Gasteiger partial charge in [-0.15, -0.1) is 13.2 Å². The summed E-state index contributed by atoms with van der Waals surface area (Å²) < 4.78 is 34.2. The Morgan fingerprint density at radius 1 is 1.55 bits per heavy atom. The monoisotopic (exact) mass is 167 g/mol. The van der Waals surface area contributed by atoms with E-state index in [1.54, 1.807) is 0 Å². The Balaban J connectivity index is 4.12. The van der Waals surface area contributed by atoms with Gasteiger partial charge < -0.3 is 11.1 Å². The molecule has 0 fully saturated rings. The molecule has 0 unspecified atom stereocenters. The third-order valence-electron chi connectivity index (χ3n) is 0.818. The number of halogens is 3. The Hall–Kier alpha value is -1.20. The fourth-order valence-electron chi connectivity index (χ4n) is 0.334. The van der Waals surface area contributed by atoms with E-state index in [0.29, 0.717) is 6.21 Å². The lowest BCUT2D eigenvalue weighted by molar-refractivity contribution is -0.119. The van der Waals surface area contributed by atoms with Gasteiger partial charge in [0, 0.05) is 13.2 Å². The third kappa shape index (κ3) is 5.25. The highest BCUT2D eigenvalue weighted by Gasteiger charge is 2.24. The Labute approximate surface area is 61.8 Å². The molecule has 0 aromatic carbocycles. The van der Waals surface area contributed by atoms with Gasteiger partial charge in [0.1, 0.15) is 0 Å². The van der Waals surface area contributed by atoms with Gasteiger partial charge in [-0.1, -0.05) is 0 Å². The number of allylic oxidation sites excluding steroid dienone is 1. The summed E-state index contributed by atoms with van der Waals surface area (Å²) in [5, 5.41) is 2.41. The van der Waals surface area contributed by atoms with Crippen molar-refractivity contribution in [2.24, 2.45) is 10.7 Å². The molecule has 6 heteroatoms. The molecule has 0 aliphatic rings. The van der Waals surface area contributed by atoms with Crippen LogP contribution in [0.5, 0.6) is 0 Å². The predicted molar refractivity (Wildman–Crippen MR) is 35.9 cm³/mol. The fraction of sp³-hybridized carbons (Fsp3) is 0.400. The molecule has 64 valence electrons. The summed E-state index contributed by atoms with van der Waals surface area (Å²) in [4.78, 5) is 2.26. The van der Waals surface area contributed by atoms with Crippen LogP contribution < -0.4 is 11.1 Å². The van der Waals surface area contributed by atoms with Crippen molar-refractivity contribution >= 4 is 6.21 Å². The molecule has 11 heavy (non-hydrogen) atoms. The molecule has 0 aliphatic heterocycles. The van der Waals surface area contributed by atoms with Crippen molar-refractivity contribution < 1.29 is 13.2 Å². The lowest BCUT2D eigenvalue weighted by Gasteiger charge is -1.99. The van der Waals surface area contributed by atoms with Crippen molar-refractivity contribution in [2.45, 2.75) is 6.30 Å². The van der Waals surface area contributed by atoms with Crippen molar-refractivity contribution in [3.63, 3.8) is 0 Å². The van der Waals surface area contributed by atoms with Gasteiger partial charge in [0.2, 0.25) is 0 Å². The van der Waals surface area contributed by atoms with E-state index in [4.69, 9.17) is 5.73 Å². The first kappa shape index (κ1) is 9.80. The maximum Gasteiger partial charge on any atom is 0.503 e. The van der Waals surface area contributed by atoms with Crippen LogP contribution >= 0.6 is 0 Å². The van der Waals surface area contributed by atoms with Crippen LogP contribution in [0.1, 0.15) is 0 Å². The first-order chi connectivity index (χ1) is 4.99. The van der Waals surface area contributed by atoms with Gasteiger partial charge in [-0.2, -0.15) is 4.99 Å². The van der Waals surface area contributed by atoms with Crippen LogP contribution in [-0.4, -0.2) is 19.6 Å². The minimum atomic E-state index is -4.54. The van der Waals surface area contributed by atoms with Crippen LogP contribution in [0.15, 0.2) is 16.9 Å². The fourth-order valence-corrected chi connectivity index (χ4v) is 0.334. The first-order valence-corrected chi connectivity index (χ1v) is 2.71. The summed E-state index contributed by atoms with van der Waals surface area (Å²) in [7, 11) is 1.45. The van der Waals surface area contributed by atoms with Crippen molar-refractivity contribution in [2.75, 3.05) is 7.05 Å². The topological polar surface area (TPSA) is 50.4 Å². The van der Waals surface area contributed by atoms with Crippen LogP contribution in [0.4, 0.5) is 13.2 Å². The molecular weight excluding hydrogens is 159 g/mol. The standard InChI is InChI=1S/C5H8F3N3/c1-10-4(2-9)3-11-5(6,7)8/h2-3,10H,9H2,1H3. The summed E-state index contributed by atoms with van der Waals surface area (Å²) >= 11 is 0. The van der Waals surface area contributed by atoms with Crippen LogP contribution in [0.25, 0.3) is 0 Å². The van der Waals surface area contributed by atoms with Crippen LogP contribution in [-0.2, 0) is 0 Å². The smallest absolute Gasteiger partial charge is 0.403 e. The zero-order chi connectivity index (χ0) is 8.91. The summed E-state index contributed by atoms with van der Waals surface area (Å²) in [6.45, 7) is 0. The van der Waals surface area contributed by atoms with Crippen LogP contribution in [0.2, 0.25) is 0 Å². The number of nitrogens with one attached hydrogen (secondary N) is 1. The molecule has 0 aromatic rings. The van der Waals surface area contributed by atoms with E-state index in [2.05, 4.69) is 10.3 Å². The third-order valence-corrected chi connectivity index (χ3v) is 0.818. The Bertz CT molecular complexity index is 170. The molecule has 0 heterocycles. The van der Waals surface area contributed by atoms with E-state index in [-0.39, 0.29) is 5.70 Å². The molecule has 0 bridgehead atoms. The number of hydrogen-bond donors (Lipinski definition) is 2. The molecule has 0 amide bonds. The second-order valence-corrected chi connectivity index (χ2v) is 1.60. The minimum Gasteiger partial charge on any atom is -0.403 e. The first-order valence-electron chi connectivity index (χ1n) is 2.71. The largest absolute Gasteiger partial charge is 0.503 e. The highest BCUT2D eigenvalue weighted by molar-refractivity contribution is 5.77. The van der Waals surface area contributed by atoms with E-state index >= 15 is 0 Å². The SMILES string of the molecule is CNC(C=NC(F)(F)F)=CN. The van der Waals surface area contributed by atoms with Crippen LogP contribution in [0, 0.1) is 0 Å². The summed E-state index contributed by atoms with van der Waals surface area (Å²) in [6.07, 6.45) is -2.93. The van der Waals surface area contributed by atoms with Gasteiger partial charge in [0.15, 0.2) is 0 Å². The van der Waals surface area contributed by atoms with E-state index in [1.165, 1.54) is 7.05 Å². The number of nitrogens with zero attached hydrogens (tertiary/aromatic N) is 1. The Morgan fingerprint density at radius 3 is 2.36 bits per heavy atom. The number of aliphatic imine (C=N–C) groups is 1. The van der Waals surface area contributed by atoms with E-state index in [9.17, 15) is 13.2 Å². The molecule has 0 saturated carbocycles. The highest BCUT2D eigenvalue weighted by atomic mass is 19.4. The zero-order valence-corrected chi connectivity index (χ0v) is 5.81. The second-order valence-electron chi connectivity index (χ2n) is 1.60. The van der Waals surface area contributed by atoms with Crippen LogP contribution in [0.3, 0.4) is 0 Å². The lowest BCUT2D eigenvalue weighted by atomic mass is 10.5. The molecule has 0 aliphatic carbocycles. The number of alkyl halides is 3. The van der Waals surface area contributed by atoms with E-state index in [0.717, 1.165) is 6.20 Å². The molecule has 0 atom stereocenters. The zero-order valence-electron chi connectivity index (χ0n) is 5.81. The van der Waals surface area contributed by atoms with E-state index in [1.807, 2.05) is 0 Å².